The maximum atomic E-state index is 12.4. The summed E-state index contributed by atoms with van der Waals surface area (Å²) in [5.74, 6) is -0.154. The number of aryl methyl sites for hydroxylation is 1. The summed E-state index contributed by atoms with van der Waals surface area (Å²) in [6.07, 6.45) is 0.531. The molecule has 3 N–H and O–H groups in total. The largest absolute Gasteiger partial charge is 0.324 e. The van der Waals surface area contributed by atoms with E-state index >= 15 is 0 Å². The Morgan fingerprint density at radius 1 is 1.08 bits per heavy atom. The van der Waals surface area contributed by atoms with Gasteiger partial charge >= 0.3 is 0 Å². The maximum Gasteiger partial charge on any atom is 0.241 e. The Bertz CT molecular complexity index is 663. The first kappa shape index (κ1) is 23.4. The lowest BCUT2D eigenvalue weighted by atomic mass is 10.1. The van der Waals surface area contributed by atoms with Gasteiger partial charge in [-0.25, -0.2) is 0 Å². The molecule has 2 rings (SSSR count). The molecule has 2 aromatic rings. The third kappa shape index (κ3) is 7.45. The number of carbonyl (C=O) groups excluding carboxylic acids is 1. The molecule has 6 heteroatoms. The van der Waals surface area contributed by atoms with Crippen molar-refractivity contribution in [3.8, 4) is 0 Å². The van der Waals surface area contributed by atoms with Crippen molar-refractivity contribution in [2.75, 3.05) is 19.4 Å². The zero-order valence-electron chi connectivity index (χ0n) is 14.9. The quantitative estimate of drug-likeness (QED) is 0.803. The number of nitrogens with zero attached hydrogens (tertiary/aromatic N) is 1. The number of rotatable bonds is 6. The van der Waals surface area contributed by atoms with Crippen LogP contribution in [0, 0.1) is 6.92 Å². The summed E-state index contributed by atoms with van der Waals surface area (Å²) in [7, 11) is 4.04. The predicted molar refractivity (Wildman–Crippen MR) is 110 cm³/mol. The second-order valence-electron chi connectivity index (χ2n) is 6.17. The summed E-state index contributed by atoms with van der Waals surface area (Å²) in [6.45, 7) is 2.82. The molecule has 1 atom stereocenters. The van der Waals surface area contributed by atoms with E-state index in [1.54, 1.807) is 0 Å². The van der Waals surface area contributed by atoms with Gasteiger partial charge < -0.3 is 16.0 Å². The van der Waals surface area contributed by atoms with Crippen molar-refractivity contribution in [2.45, 2.75) is 25.9 Å². The zero-order valence-corrected chi connectivity index (χ0v) is 16.5. The van der Waals surface area contributed by atoms with Gasteiger partial charge in [0.05, 0.1) is 6.04 Å². The van der Waals surface area contributed by atoms with Crippen molar-refractivity contribution in [1.29, 1.82) is 0 Å². The number of halogens is 2. The Labute approximate surface area is 162 Å². The molecule has 0 aliphatic carbocycles. The van der Waals surface area contributed by atoms with Crippen molar-refractivity contribution in [3.05, 3.63) is 65.2 Å². The highest BCUT2D eigenvalue weighted by Gasteiger charge is 2.15. The second-order valence-corrected chi connectivity index (χ2v) is 6.17. The molecule has 0 radical (unpaired) electrons. The van der Waals surface area contributed by atoms with Gasteiger partial charge in [-0.05, 0) is 50.2 Å². The van der Waals surface area contributed by atoms with Crippen molar-refractivity contribution in [3.63, 3.8) is 0 Å². The van der Waals surface area contributed by atoms with E-state index in [4.69, 9.17) is 5.73 Å². The fourth-order valence-electron chi connectivity index (χ4n) is 2.45. The first-order valence-electron chi connectivity index (χ1n) is 7.80. The molecule has 0 aliphatic heterocycles. The molecule has 1 amide bonds. The molecule has 0 aromatic heterocycles. The van der Waals surface area contributed by atoms with Crippen LogP contribution in [0.3, 0.4) is 0 Å². The molecule has 0 spiro atoms. The highest BCUT2D eigenvalue weighted by Crippen LogP contribution is 2.18. The smallest absolute Gasteiger partial charge is 0.241 e. The topological polar surface area (TPSA) is 58.4 Å². The van der Waals surface area contributed by atoms with E-state index in [9.17, 15) is 4.79 Å². The van der Waals surface area contributed by atoms with Gasteiger partial charge in [0.25, 0.3) is 0 Å². The van der Waals surface area contributed by atoms with Crippen LogP contribution >= 0.6 is 24.8 Å². The highest BCUT2D eigenvalue weighted by atomic mass is 35.5. The van der Waals surface area contributed by atoms with Crippen LogP contribution in [0.4, 0.5) is 5.69 Å². The minimum Gasteiger partial charge on any atom is -0.324 e. The van der Waals surface area contributed by atoms with Crippen molar-refractivity contribution < 1.29 is 4.79 Å². The summed E-state index contributed by atoms with van der Waals surface area (Å²) < 4.78 is 0. The Hall–Kier alpha value is -1.59. The number of anilines is 1. The van der Waals surface area contributed by atoms with Crippen LogP contribution in [0.1, 0.15) is 16.7 Å². The number of carbonyl (C=O) groups is 1. The number of hydrogen-bond donors (Lipinski definition) is 2. The van der Waals surface area contributed by atoms with E-state index in [1.165, 1.54) is 0 Å². The number of nitrogens with two attached hydrogens (primary N) is 1. The Morgan fingerprint density at radius 3 is 2.32 bits per heavy atom. The molecule has 0 saturated carbocycles. The molecule has 0 fully saturated rings. The molecule has 0 heterocycles. The number of amides is 1. The van der Waals surface area contributed by atoms with Crippen molar-refractivity contribution in [2.24, 2.45) is 5.73 Å². The van der Waals surface area contributed by atoms with Gasteiger partial charge in [-0.2, -0.15) is 0 Å². The number of benzene rings is 2. The minimum absolute atomic E-state index is 0. The average molecular weight is 384 g/mol. The van der Waals surface area contributed by atoms with Crippen LogP contribution in [-0.2, 0) is 17.8 Å². The number of hydrogen-bond acceptors (Lipinski definition) is 3. The first-order chi connectivity index (χ1) is 11.0. The van der Waals surface area contributed by atoms with E-state index < -0.39 is 6.04 Å². The van der Waals surface area contributed by atoms with Gasteiger partial charge in [-0.3, -0.25) is 4.79 Å². The zero-order chi connectivity index (χ0) is 16.8. The SMILES string of the molecule is Cc1ccc(CN(C)C)cc1NC(=O)C(N)Cc1ccccc1.Cl.Cl. The van der Waals surface area contributed by atoms with Crippen molar-refractivity contribution >= 4 is 36.4 Å². The third-order valence-corrected chi connectivity index (χ3v) is 3.69. The lowest BCUT2D eigenvalue weighted by molar-refractivity contribution is -0.117. The molecule has 1 unspecified atom stereocenters. The Balaban J connectivity index is 0.00000288. The lowest BCUT2D eigenvalue weighted by Gasteiger charge is -2.16. The molecule has 138 valence electrons. The standard InChI is InChI=1S/C19H25N3O.2ClH/c1-14-9-10-16(13-22(2)3)12-18(14)21-19(23)17(20)11-15-7-5-4-6-8-15;;/h4-10,12,17H,11,13,20H2,1-3H3,(H,21,23);2*1H. The van der Waals surface area contributed by atoms with E-state index in [-0.39, 0.29) is 30.7 Å². The van der Waals surface area contributed by atoms with Crippen LogP contribution < -0.4 is 11.1 Å². The van der Waals surface area contributed by atoms with E-state index in [1.807, 2.05) is 63.5 Å². The van der Waals surface area contributed by atoms with Gasteiger partial charge in [0, 0.05) is 12.2 Å². The summed E-state index contributed by atoms with van der Waals surface area (Å²) in [4.78, 5) is 14.5. The second kappa shape index (κ2) is 11.1. The molecular weight excluding hydrogens is 357 g/mol. The van der Waals surface area contributed by atoms with Crippen LogP contribution in [0.15, 0.2) is 48.5 Å². The Morgan fingerprint density at radius 2 is 1.72 bits per heavy atom. The van der Waals surface area contributed by atoms with Crippen molar-refractivity contribution in [1.82, 2.24) is 4.90 Å². The number of nitrogens with one attached hydrogen (secondary N) is 1. The molecule has 0 aliphatic rings. The normalized spacial score (nSPS) is 11.2. The maximum absolute atomic E-state index is 12.4. The third-order valence-electron chi connectivity index (χ3n) is 3.69. The molecule has 25 heavy (non-hydrogen) atoms. The highest BCUT2D eigenvalue weighted by molar-refractivity contribution is 5.95. The average Bonchev–Trinajstić information content (AvgIpc) is 2.51. The fraction of sp³-hybridized carbons (Fsp3) is 0.316. The summed E-state index contributed by atoms with van der Waals surface area (Å²) in [5.41, 5.74) is 10.1. The molecule has 4 nitrogen and oxygen atoms in total. The van der Waals surface area contributed by atoms with Gasteiger partial charge in [-0.15, -0.1) is 24.8 Å². The van der Waals surface area contributed by atoms with E-state index in [0.29, 0.717) is 6.42 Å². The Kier molecular flexibility index (Phi) is 10.4. The summed E-state index contributed by atoms with van der Waals surface area (Å²) in [6, 6.07) is 15.4. The fourth-order valence-corrected chi connectivity index (χ4v) is 2.45. The molecule has 0 saturated heterocycles. The van der Waals surface area contributed by atoms with Gasteiger partial charge in [0.2, 0.25) is 5.91 Å². The van der Waals surface area contributed by atoms with Crippen LogP contribution in [0.25, 0.3) is 0 Å². The van der Waals surface area contributed by atoms with Crippen LogP contribution in [-0.4, -0.2) is 30.9 Å². The minimum atomic E-state index is -0.561. The molecule has 0 bridgehead atoms. The molecular formula is C19H27Cl2N3O. The van der Waals surface area contributed by atoms with E-state index in [0.717, 1.165) is 28.9 Å². The van der Waals surface area contributed by atoms with Gasteiger partial charge in [0.1, 0.15) is 0 Å². The van der Waals surface area contributed by atoms with Crippen LogP contribution in [0.2, 0.25) is 0 Å². The predicted octanol–water partition coefficient (Wildman–Crippen LogP) is 3.41. The summed E-state index contributed by atoms with van der Waals surface area (Å²) >= 11 is 0. The van der Waals surface area contributed by atoms with Gasteiger partial charge in [-0.1, -0.05) is 42.5 Å². The van der Waals surface area contributed by atoms with E-state index in [2.05, 4.69) is 16.3 Å². The monoisotopic (exact) mass is 383 g/mol. The van der Waals surface area contributed by atoms with Crippen LogP contribution in [0.5, 0.6) is 0 Å². The summed E-state index contributed by atoms with van der Waals surface area (Å²) in [5, 5.41) is 2.96. The van der Waals surface area contributed by atoms with Gasteiger partial charge in [0.15, 0.2) is 0 Å². The lowest BCUT2D eigenvalue weighted by Crippen LogP contribution is -2.37. The molecule has 2 aromatic carbocycles. The first-order valence-corrected chi connectivity index (χ1v) is 7.80.